The third kappa shape index (κ3) is 3.44. The topological polar surface area (TPSA) is 44.1 Å². The van der Waals surface area contributed by atoms with E-state index in [1.165, 1.54) is 0 Å². The van der Waals surface area contributed by atoms with E-state index in [1.54, 1.807) is 6.20 Å². The van der Waals surface area contributed by atoms with Crippen molar-refractivity contribution in [3.05, 3.63) is 48.0 Å². The standard InChI is InChI=1S/C15H18N2O2/c1-3-19-13-6-4-12(5-7-13)14(18)8-9-15-16-10-11-17(15)2/h4-7,10-11H,3,8-9H2,1-2H3. The summed E-state index contributed by atoms with van der Waals surface area (Å²) in [6, 6.07) is 7.28. The van der Waals surface area contributed by atoms with Crippen LogP contribution in [0.25, 0.3) is 0 Å². The zero-order valence-electron chi connectivity index (χ0n) is 11.3. The van der Waals surface area contributed by atoms with Crippen LogP contribution in [0.1, 0.15) is 29.5 Å². The molecule has 0 aliphatic carbocycles. The summed E-state index contributed by atoms with van der Waals surface area (Å²) in [6.45, 7) is 2.57. The first kappa shape index (κ1) is 13.3. The minimum atomic E-state index is 0.131. The van der Waals surface area contributed by atoms with Crippen molar-refractivity contribution in [2.75, 3.05) is 6.61 Å². The molecule has 1 heterocycles. The number of ether oxygens (including phenoxy) is 1. The number of carbonyl (C=O) groups excluding carboxylic acids is 1. The molecule has 0 saturated carbocycles. The van der Waals surface area contributed by atoms with Crippen molar-refractivity contribution >= 4 is 5.78 Å². The monoisotopic (exact) mass is 258 g/mol. The molecule has 0 aliphatic rings. The van der Waals surface area contributed by atoms with Crippen molar-refractivity contribution in [1.29, 1.82) is 0 Å². The number of nitrogens with zero attached hydrogens (tertiary/aromatic N) is 2. The highest BCUT2D eigenvalue weighted by Crippen LogP contribution is 2.14. The quantitative estimate of drug-likeness (QED) is 0.748. The highest BCUT2D eigenvalue weighted by molar-refractivity contribution is 5.96. The summed E-state index contributed by atoms with van der Waals surface area (Å²) < 4.78 is 7.29. The van der Waals surface area contributed by atoms with Crippen molar-refractivity contribution < 1.29 is 9.53 Å². The molecule has 4 heteroatoms. The Labute approximate surface area is 113 Å². The predicted octanol–water partition coefficient (Wildman–Crippen LogP) is 2.63. The Balaban J connectivity index is 1.94. The minimum Gasteiger partial charge on any atom is -0.494 e. The van der Waals surface area contributed by atoms with Crippen LogP contribution in [0.5, 0.6) is 5.75 Å². The van der Waals surface area contributed by atoms with Gasteiger partial charge in [0, 0.05) is 37.8 Å². The molecule has 2 aromatic rings. The van der Waals surface area contributed by atoms with Gasteiger partial charge < -0.3 is 9.30 Å². The average molecular weight is 258 g/mol. The van der Waals surface area contributed by atoms with E-state index in [0.717, 1.165) is 17.1 Å². The number of benzene rings is 1. The van der Waals surface area contributed by atoms with Crippen LogP contribution in [0.3, 0.4) is 0 Å². The Hall–Kier alpha value is -2.10. The van der Waals surface area contributed by atoms with Gasteiger partial charge in [0.05, 0.1) is 6.61 Å². The number of imidazole rings is 1. The van der Waals surface area contributed by atoms with Crippen molar-refractivity contribution in [2.45, 2.75) is 19.8 Å². The second-order valence-corrected chi connectivity index (χ2v) is 4.33. The van der Waals surface area contributed by atoms with Crippen LogP contribution in [0, 0.1) is 0 Å². The van der Waals surface area contributed by atoms with E-state index in [2.05, 4.69) is 4.98 Å². The molecule has 2 rings (SSSR count). The van der Waals surface area contributed by atoms with E-state index in [9.17, 15) is 4.79 Å². The average Bonchev–Trinajstić information content (AvgIpc) is 2.83. The summed E-state index contributed by atoms with van der Waals surface area (Å²) >= 11 is 0. The fraction of sp³-hybridized carbons (Fsp3) is 0.333. The largest absolute Gasteiger partial charge is 0.494 e. The summed E-state index contributed by atoms with van der Waals surface area (Å²) in [7, 11) is 1.93. The number of rotatable bonds is 6. The molecule has 0 aliphatic heterocycles. The molecule has 1 aromatic carbocycles. The number of carbonyl (C=O) groups is 1. The second kappa shape index (κ2) is 6.18. The summed E-state index contributed by atoms with van der Waals surface area (Å²) in [5, 5.41) is 0. The van der Waals surface area contributed by atoms with Crippen molar-refractivity contribution in [3.63, 3.8) is 0 Å². The lowest BCUT2D eigenvalue weighted by molar-refractivity contribution is 0.0982. The van der Waals surface area contributed by atoms with Crippen LogP contribution < -0.4 is 4.74 Å². The normalized spacial score (nSPS) is 10.4. The van der Waals surface area contributed by atoms with E-state index in [0.29, 0.717) is 19.4 Å². The number of ketones is 1. The zero-order valence-corrected chi connectivity index (χ0v) is 11.3. The number of aromatic nitrogens is 2. The molecular weight excluding hydrogens is 240 g/mol. The maximum Gasteiger partial charge on any atom is 0.163 e. The van der Waals surface area contributed by atoms with Crippen molar-refractivity contribution in [1.82, 2.24) is 9.55 Å². The maximum absolute atomic E-state index is 12.0. The highest BCUT2D eigenvalue weighted by atomic mass is 16.5. The minimum absolute atomic E-state index is 0.131. The van der Waals surface area contributed by atoms with Crippen LogP contribution in [0.2, 0.25) is 0 Å². The van der Waals surface area contributed by atoms with Crippen molar-refractivity contribution in [2.24, 2.45) is 7.05 Å². The molecule has 1 aromatic heterocycles. The smallest absolute Gasteiger partial charge is 0.163 e. The Morgan fingerprint density at radius 1 is 1.32 bits per heavy atom. The van der Waals surface area contributed by atoms with E-state index >= 15 is 0 Å². The molecule has 4 nitrogen and oxygen atoms in total. The SMILES string of the molecule is CCOc1ccc(C(=O)CCc2nccn2C)cc1. The first-order chi connectivity index (χ1) is 9.20. The molecular formula is C15H18N2O2. The van der Waals surface area contributed by atoms with E-state index in [1.807, 2.05) is 49.0 Å². The zero-order chi connectivity index (χ0) is 13.7. The van der Waals surface area contributed by atoms with Gasteiger partial charge in [-0.25, -0.2) is 4.98 Å². The molecule has 0 atom stereocenters. The van der Waals surface area contributed by atoms with Gasteiger partial charge >= 0.3 is 0 Å². The lowest BCUT2D eigenvalue weighted by Crippen LogP contribution is -2.04. The molecule has 19 heavy (non-hydrogen) atoms. The number of hydrogen-bond donors (Lipinski definition) is 0. The van der Waals surface area contributed by atoms with Gasteiger partial charge in [0.25, 0.3) is 0 Å². The Bertz CT molecular complexity index is 544. The van der Waals surface area contributed by atoms with Gasteiger partial charge in [-0.05, 0) is 31.2 Å². The molecule has 0 radical (unpaired) electrons. The predicted molar refractivity (Wildman–Crippen MR) is 73.5 cm³/mol. The van der Waals surface area contributed by atoms with Crippen LogP contribution >= 0.6 is 0 Å². The highest BCUT2D eigenvalue weighted by Gasteiger charge is 2.08. The molecule has 0 amide bonds. The third-order valence-electron chi connectivity index (χ3n) is 2.98. The number of aryl methyl sites for hydroxylation is 2. The molecule has 0 bridgehead atoms. The third-order valence-corrected chi connectivity index (χ3v) is 2.98. The summed E-state index contributed by atoms with van der Waals surface area (Å²) in [5.74, 6) is 1.86. The molecule has 0 N–H and O–H groups in total. The molecule has 0 unspecified atom stereocenters. The van der Waals surface area contributed by atoms with Crippen LogP contribution in [0.15, 0.2) is 36.7 Å². The first-order valence-corrected chi connectivity index (χ1v) is 6.43. The van der Waals surface area contributed by atoms with Gasteiger partial charge in [-0.2, -0.15) is 0 Å². The van der Waals surface area contributed by atoms with E-state index in [-0.39, 0.29) is 5.78 Å². The van der Waals surface area contributed by atoms with Gasteiger partial charge in [-0.3, -0.25) is 4.79 Å². The fourth-order valence-corrected chi connectivity index (χ4v) is 1.91. The first-order valence-electron chi connectivity index (χ1n) is 6.43. The van der Waals surface area contributed by atoms with Gasteiger partial charge in [-0.15, -0.1) is 0 Å². The van der Waals surface area contributed by atoms with Gasteiger partial charge in [0.2, 0.25) is 0 Å². The fourth-order valence-electron chi connectivity index (χ4n) is 1.91. The Morgan fingerprint density at radius 3 is 2.63 bits per heavy atom. The van der Waals surface area contributed by atoms with Crippen LogP contribution in [0.4, 0.5) is 0 Å². The summed E-state index contributed by atoms with van der Waals surface area (Å²) in [5.41, 5.74) is 0.720. The van der Waals surface area contributed by atoms with E-state index < -0.39 is 0 Å². The lowest BCUT2D eigenvalue weighted by atomic mass is 10.1. The Morgan fingerprint density at radius 2 is 2.05 bits per heavy atom. The van der Waals surface area contributed by atoms with Crippen LogP contribution in [-0.4, -0.2) is 21.9 Å². The summed E-state index contributed by atoms with van der Waals surface area (Å²) in [4.78, 5) is 16.3. The summed E-state index contributed by atoms with van der Waals surface area (Å²) in [6.07, 6.45) is 4.77. The number of hydrogen-bond acceptors (Lipinski definition) is 3. The van der Waals surface area contributed by atoms with Crippen molar-refractivity contribution in [3.8, 4) is 5.75 Å². The second-order valence-electron chi connectivity index (χ2n) is 4.33. The lowest BCUT2D eigenvalue weighted by Gasteiger charge is -2.05. The molecule has 0 spiro atoms. The Kier molecular flexibility index (Phi) is 4.34. The van der Waals surface area contributed by atoms with E-state index in [4.69, 9.17) is 4.74 Å². The van der Waals surface area contributed by atoms with Gasteiger partial charge in [0.1, 0.15) is 11.6 Å². The molecule has 0 saturated heterocycles. The van der Waals surface area contributed by atoms with Crippen LogP contribution in [-0.2, 0) is 13.5 Å². The van der Waals surface area contributed by atoms with Gasteiger partial charge in [-0.1, -0.05) is 0 Å². The maximum atomic E-state index is 12.0. The van der Waals surface area contributed by atoms with Gasteiger partial charge in [0.15, 0.2) is 5.78 Å². The molecule has 0 fully saturated rings. The number of Topliss-reactive ketones (excluding diaryl/α,β-unsaturated/α-hetero) is 1. The molecule has 100 valence electrons.